The van der Waals surface area contributed by atoms with E-state index in [9.17, 15) is 0 Å². The van der Waals surface area contributed by atoms with E-state index in [4.69, 9.17) is 16.7 Å². The minimum atomic E-state index is 0.261. The van der Waals surface area contributed by atoms with Gasteiger partial charge in [0, 0.05) is 18.9 Å². The van der Waals surface area contributed by atoms with Crippen molar-refractivity contribution in [2.24, 2.45) is 0 Å². The minimum absolute atomic E-state index is 0.261. The summed E-state index contributed by atoms with van der Waals surface area (Å²) in [6.45, 7) is 1.09. The first-order valence-corrected chi connectivity index (χ1v) is 8.05. The maximum Gasteiger partial charge on any atom is 0.225 e. The van der Waals surface area contributed by atoms with Gasteiger partial charge in [-0.05, 0) is 35.2 Å². The highest BCUT2D eigenvalue weighted by Gasteiger charge is 2.06. The van der Waals surface area contributed by atoms with Crippen LogP contribution in [0.15, 0.2) is 11.4 Å². The summed E-state index contributed by atoms with van der Waals surface area (Å²) in [5, 5.41) is 15.2. The molecule has 0 amide bonds. The molecule has 0 fully saturated rings. The fraction of sp³-hybridized carbons (Fsp3) is 0.455. The Morgan fingerprint density at radius 2 is 2.28 bits per heavy atom. The van der Waals surface area contributed by atoms with Gasteiger partial charge in [-0.3, -0.25) is 0 Å². The lowest BCUT2D eigenvalue weighted by atomic mass is 10.4. The second kappa shape index (κ2) is 7.13. The molecule has 98 valence electrons. The van der Waals surface area contributed by atoms with E-state index >= 15 is 0 Å². The lowest BCUT2D eigenvalue weighted by Gasteiger charge is -2.06. The fourth-order valence-electron chi connectivity index (χ4n) is 1.47. The number of rotatable bonds is 7. The highest BCUT2D eigenvalue weighted by molar-refractivity contribution is 7.99. The van der Waals surface area contributed by atoms with Crippen LogP contribution in [0.2, 0.25) is 5.28 Å². The molecule has 0 aliphatic rings. The molecule has 4 nitrogen and oxygen atoms in total. The molecule has 2 N–H and O–H groups in total. The Balaban J connectivity index is 1.89. The number of fused-ring (bicyclic) bond motifs is 1. The Morgan fingerprint density at radius 3 is 3.11 bits per heavy atom. The zero-order chi connectivity index (χ0) is 12.8. The van der Waals surface area contributed by atoms with Gasteiger partial charge in [0.25, 0.3) is 0 Å². The summed E-state index contributed by atoms with van der Waals surface area (Å²) >= 11 is 9.24. The third-order valence-electron chi connectivity index (χ3n) is 2.28. The molecule has 0 spiro atoms. The van der Waals surface area contributed by atoms with Gasteiger partial charge in [0.1, 0.15) is 10.6 Å². The summed E-state index contributed by atoms with van der Waals surface area (Å²) in [6, 6.07) is 2.00. The van der Waals surface area contributed by atoms with Crippen LogP contribution in [-0.4, -0.2) is 39.7 Å². The summed E-state index contributed by atoms with van der Waals surface area (Å²) in [5.41, 5.74) is 0. The van der Waals surface area contributed by atoms with Crippen molar-refractivity contribution < 1.29 is 5.11 Å². The summed E-state index contributed by atoms with van der Waals surface area (Å²) in [4.78, 5) is 9.28. The molecule has 0 atom stereocenters. The Morgan fingerprint density at radius 1 is 1.39 bits per heavy atom. The fourth-order valence-corrected chi connectivity index (χ4v) is 3.24. The van der Waals surface area contributed by atoms with Gasteiger partial charge in [0.15, 0.2) is 0 Å². The molecule has 2 rings (SSSR count). The van der Waals surface area contributed by atoms with E-state index in [0.717, 1.165) is 40.5 Å². The number of aliphatic hydroxyl groups excluding tert-OH is 1. The van der Waals surface area contributed by atoms with Crippen molar-refractivity contribution in [3.63, 3.8) is 0 Å². The van der Waals surface area contributed by atoms with E-state index in [1.807, 2.05) is 23.2 Å². The van der Waals surface area contributed by atoms with Crippen molar-refractivity contribution in [2.75, 3.05) is 30.0 Å². The van der Waals surface area contributed by atoms with Gasteiger partial charge < -0.3 is 10.4 Å². The second-order valence-corrected chi connectivity index (χ2v) is 6.05. The summed E-state index contributed by atoms with van der Waals surface area (Å²) in [7, 11) is 0. The quantitative estimate of drug-likeness (QED) is 0.608. The van der Waals surface area contributed by atoms with Gasteiger partial charge in [-0.15, -0.1) is 11.3 Å². The monoisotopic (exact) mass is 303 g/mol. The van der Waals surface area contributed by atoms with Crippen LogP contribution in [0.1, 0.15) is 6.42 Å². The van der Waals surface area contributed by atoms with E-state index in [1.165, 1.54) is 0 Å². The summed E-state index contributed by atoms with van der Waals surface area (Å²) in [5.74, 6) is 2.76. The number of anilines is 1. The van der Waals surface area contributed by atoms with Gasteiger partial charge in [-0.25, -0.2) is 9.97 Å². The molecule has 0 bridgehead atoms. The molecular weight excluding hydrogens is 290 g/mol. The second-order valence-electron chi connectivity index (χ2n) is 3.60. The van der Waals surface area contributed by atoms with Crippen LogP contribution < -0.4 is 5.32 Å². The first-order valence-electron chi connectivity index (χ1n) is 5.64. The number of hydrogen-bond acceptors (Lipinski definition) is 6. The van der Waals surface area contributed by atoms with Crippen LogP contribution in [0.3, 0.4) is 0 Å². The SMILES string of the molecule is OCCCSCCNc1nc(Cl)nc2sccc12. The average molecular weight is 304 g/mol. The normalized spacial score (nSPS) is 11.0. The smallest absolute Gasteiger partial charge is 0.225 e. The Hall–Kier alpha value is -0.560. The topological polar surface area (TPSA) is 58.0 Å². The van der Waals surface area contributed by atoms with E-state index < -0.39 is 0 Å². The zero-order valence-electron chi connectivity index (χ0n) is 9.73. The number of thioether (sulfide) groups is 1. The number of nitrogens with one attached hydrogen (secondary N) is 1. The molecule has 2 aromatic rings. The standard InChI is InChI=1S/C11H14ClN3OS2/c12-11-14-9(8-2-6-18-10(8)15-11)13-3-7-17-5-1-4-16/h2,6,16H,1,3-5,7H2,(H,13,14,15). The third kappa shape index (κ3) is 3.71. The highest BCUT2D eigenvalue weighted by atomic mass is 35.5. The molecule has 18 heavy (non-hydrogen) atoms. The number of aromatic nitrogens is 2. The summed E-state index contributed by atoms with van der Waals surface area (Å²) < 4.78 is 0. The molecule has 0 aliphatic carbocycles. The average Bonchev–Trinajstić information content (AvgIpc) is 2.81. The third-order valence-corrected chi connectivity index (χ3v) is 4.33. The Labute approximate surface area is 119 Å². The lowest BCUT2D eigenvalue weighted by molar-refractivity contribution is 0.296. The first-order chi connectivity index (χ1) is 8.81. The van der Waals surface area contributed by atoms with Gasteiger partial charge in [-0.1, -0.05) is 0 Å². The van der Waals surface area contributed by atoms with E-state index in [1.54, 1.807) is 11.3 Å². The van der Waals surface area contributed by atoms with Crippen LogP contribution in [0.25, 0.3) is 10.2 Å². The molecule has 0 aromatic carbocycles. The van der Waals surface area contributed by atoms with E-state index in [-0.39, 0.29) is 11.9 Å². The van der Waals surface area contributed by atoms with Crippen LogP contribution >= 0.6 is 34.7 Å². The molecule has 0 radical (unpaired) electrons. The van der Waals surface area contributed by atoms with Crippen molar-refractivity contribution >= 4 is 50.7 Å². The molecule has 0 saturated heterocycles. The van der Waals surface area contributed by atoms with Crippen molar-refractivity contribution in [3.05, 3.63) is 16.7 Å². The number of thiophene rings is 1. The molecular formula is C11H14ClN3OS2. The van der Waals surface area contributed by atoms with Crippen LogP contribution in [0.4, 0.5) is 5.82 Å². The van der Waals surface area contributed by atoms with Crippen LogP contribution in [0, 0.1) is 0 Å². The predicted octanol–water partition coefficient (Wildman–Crippen LogP) is 2.87. The first kappa shape index (κ1) is 13.9. The zero-order valence-corrected chi connectivity index (χ0v) is 12.1. The van der Waals surface area contributed by atoms with Crippen LogP contribution in [0.5, 0.6) is 0 Å². The molecule has 0 saturated carbocycles. The summed E-state index contributed by atoms with van der Waals surface area (Å²) in [6.07, 6.45) is 0.846. The highest BCUT2D eigenvalue weighted by Crippen LogP contribution is 2.26. The molecule has 2 aromatic heterocycles. The van der Waals surface area contributed by atoms with Crippen LogP contribution in [-0.2, 0) is 0 Å². The van der Waals surface area contributed by atoms with Crippen molar-refractivity contribution in [1.29, 1.82) is 0 Å². The van der Waals surface area contributed by atoms with Gasteiger partial charge in [0.2, 0.25) is 5.28 Å². The molecule has 2 heterocycles. The van der Waals surface area contributed by atoms with Crippen molar-refractivity contribution in [2.45, 2.75) is 6.42 Å². The Bertz CT molecular complexity index is 506. The van der Waals surface area contributed by atoms with Gasteiger partial charge in [0.05, 0.1) is 5.39 Å². The maximum absolute atomic E-state index is 8.67. The number of halogens is 1. The van der Waals surface area contributed by atoms with E-state index in [0.29, 0.717) is 0 Å². The number of nitrogens with zero attached hydrogens (tertiary/aromatic N) is 2. The van der Waals surface area contributed by atoms with Crippen molar-refractivity contribution in [3.8, 4) is 0 Å². The number of aliphatic hydroxyl groups is 1. The predicted molar refractivity (Wildman–Crippen MR) is 79.9 cm³/mol. The minimum Gasteiger partial charge on any atom is -0.396 e. The van der Waals surface area contributed by atoms with Crippen molar-refractivity contribution in [1.82, 2.24) is 9.97 Å². The van der Waals surface area contributed by atoms with Gasteiger partial charge >= 0.3 is 0 Å². The van der Waals surface area contributed by atoms with E-state index in [2.05, 4.69) is 15.3 Å². The molecule has 7 heteroatoms. The Kier molecular flexibility index (Phi) is 5.49. The maximum atomic E-state index is 8.67. The largest absolute Gasteiger partial charge is 0.396 e. The van der Waals surface area contributed by atoms with Gasteiger partial charge in [-0.2, -0.15) is 11.8 Å². The number of hydrogen-bond donors (Lipinski definition) is 2. The molecule has 0 unspecified atom stereocenters. The lowest BCUT2D eigenvalue weighted by Crippen LogP contribution is -2.07. The molecule has 0 aliphatic heterocycles.